The summed E-state index contributed by atoms with van der Waals surface area (Å²) in [6, 6.07) is 0.481. The summed E-state index contributed by atoms with van der Waals surface area (Å²) >= 11 is 0. The minimum Gasteiger partial charge on any atom is -0.313 e. The van der Waals surface area contributed by atoms with Crippen molar-refractivity contribution >= 4 is 0 Å². The zero-order chi connectivity index (χ0) is 13.7. The molecule has 1 fully saturated rings. The molecule has 0 bridgehead atoms. The third-order valence-electron chi connectivity index (χ3n) is 3.79. The number of piperidine rings is 1. The van der Waals surface area contributed by atoms with Crippen LogP contribution in [0.3, 0.4) is 0 Å². The SMILES string of the molecule is CC(CN1CCCCC1)NCCc1n[nH]c(=O)n1C. The molecule has 1 aliphatic rings. The Morgan fingerprint density at radius 2 is 2.11 bits per heavy atom. The molecule has 1 aromatic rings. The summed E-state index contributed by atoms with van der Waals surface area (Å²) in [5.74, 6) is 0.808. The summed E-state index contributed by atoms with van der Waals surface area (Å²) in [5.41, 5.74) is -0.142. The second kappa shape index (κ2) is 6.86. The second-order valence-electron chi connectivity index (χ2n) is 5.47. The highest BCUT2D eigenvalue weighted by molar-refractivity contribution is 4.86. The molecule has 1 unspecified atom stereocenters. The molecule has 1 aliphatic heterocycles. The molecule has 2 N–H and O–H groups in total. The van der Waals surface area contributed by atoms with Gasteiger partial charge in [-0.25, -0.2) is 9.89 Å². The summed E-state index contributed by atoms with van der Waals surface area (Å²) in [6.45, 7) is 6.66. The van der Waals surface area contributed by atoms with Crippen LogP contribution in [0.5, 0.6) is 0 Å². The maximum atomic E-state index is 11.2. The largest absolute Gasteiger partial charge is 0.343 e. The summed E-state index contributed by atoms with van der Waals surface area (Å²) in [6.07, 6.45) is 4.83. The Morgan fingerprint density at radius 1 is 1.37 bits per heavy atom. The van der Waals surface area contributed by atoms with E-state index >= 15 is 0 Å². The Hall–Kier alpha value is -1.14. The van der Waals surface area contributed by atoms with Crippen LogP contribution in [-0.2, 0) is 13.5 Å². The normalized spacial score (nSPS) is 18.6. The molecule has 1 atom stereocenters. The lowest BCUT2D eigenvalue weighted by molar-refractivity contribution is 0.209. The Morgan fingerprint density at radius 3 is 2.74 bits per heavy atom. The molecule has 1 saturated heterocycles. The van der Waals surface area contributed by atoms with Crippen molar-refractivity contribution in [3.8, 4) is 0 Å². The van der Waals surface area contributed by atoms with Gasteiger partial charge < -0.3 is 10.2 Å². The predicted molar refractivity (Wildman–Crippen MR) is 75.3 cm³/mol. The summed E-state index contributed by atoms with van der Waals surface area (Å²) in [4.78, 5) is 13.8. The molecule has 0 radical (unpaired) electrons. The van der Waals surface area contributed by atoms with Crippen molar-refractivity contribution < 1.29 is 0 Å². The van der Waals surface area contributed by atoms with Gasteiger partial charge in [-0.2, -0.15) is 5.10 Å². The number of aromatic nitrogens is 3. The highest BCUT2D eigenvalue weighted by Crippen LogP contribution is 2.08. The lowest BCUT2D eigenvalue weighted by atomic mass is 10.1. The number of aromatic amines is 1. The molecular weight excluding hydrogens is 242 g/mol. The number of nitrogens with one attached hydrogen (secondary N) is 2. The fourth-order valence-corrected chi connectivity index (χ4v) is 2.63. The van der Waals surface area contributed by atoms with Gasteiger partial charge in [0.05, 0.1) is 0 Å². The molecular formula is C13H25N5O. The van der Waals surface area contributed by atoms with E-state index in [1.807, 2.05) is 0 Å². The Labute approximate surface area is 114 Å². The number of hydrogen-bond donors (Lipinski definition) is 2. The van der Waals surface area contributed by atoms with Gasteiger partial charge in [0.25, 0.3) is 0 Å². The average molecular weight is 267 g/mol. The van der Waals surface area contributed by atoms with E-state index in [0.717, 1.165) is 25.3 Å². The van der Waals surface area contributed by atoms with Gasteiger partial charge in [0.15, 0.2) is 0 Å². The minimum absolute atomic E-state index is 0.142. The number of likely N-dealkylation sites (tertiary alicyclic amines) is 1. The van der Waals surface area contributed by atoms with E-state index in [0.29, 0.717) is 6.04 Å². The molecule has 0 aromatic carbocycles. The minimum atomic E-state index is -0.142. The number of hydrogen-bond acceptors (Lipinski definition) is 4. The van der Waals surface area contributed by atoms with Crippen molar-refractivity contribution in [1.29, 1.82) is 0 Å². The van der Waals surface area contributed by atoms with Crippen LogP contribution in [0.1, 0.15) is 32.0 Å². The molecule has 0 amide bonds. The van der Waals surface area contributed by atoms with Crippen LogP contribution in [0.25, 0.3) is 0 Å². The van der Waals surface area contributed by atoms with E-state index < -0.39 is 0 Å². The van der Waals surface area contributed by atoms with Crippen LogP contribution in [0, 0.1) is 0 Å². The van der Waals surface area contributed by atoms with Crippen molar-refractivity contribution in [2.75, 3.05) is 26.2 Å². The number of rotatable bonds is 6. The molecule has 2 heterocycles. The van der Waals surface area contributed by atoms with Crippen LogP contribution in [-0.4, -0.2) is 51.9 Å². The van der Waals surface area contributed by atoms with E-state index in [2.05, 4.69) is 27.3 Å². The predicted octanol–water partition coefficient (Wildman–Crippen LogP) is 0.115. The fraction of sp³-hybridized carbons (Fsp3) is 0.846. The Bertz CT molecular complexity index is 432. The Kier molecular flexibility index (Phi) is 5.15. The second-order valence-corrected chi connectivity index (χ2v) is 5.47. The average Bonchev–Trinajstić information content (AvgIpc) is 2.72. The third-order valence-corrected chi connectivity index (χ3v) is 3.79. The third kappa shape index (κ3) is 4.18. The standard InChI is InChI=1S/C13H25N5O/c1-11(10-18-8-4-3-5-9-18)14-7-6-12-15-16-13(19)17(12)2/h11,14H,3-10H2,1-2H3,(H,16,19). The first-order valence-corrected chi connectivity index (χ1v) is 7.23. The van der Waals surface area contributed by atoms with Crippen LogP contribution in [0.4, 0.5) is 0 Å². The smallest absolute Gasteiger partial charge is 0.313 e. The van der Waals surface area contributed by atoms with Crippen LogP contribution in [0.15, 0.2) is 4.79 Å². The van der Waals surface area contributed by atoms with Gasteiger partial charge in [-0.1, -0.05) is 6.42 Å². The lowest BCUT2D eigenvalue weighted by Crippen LogP contribution is -2.42. The van der Waals surface area contributed by atoms with Gasteiger partial charge in [0.1, 0.15) is 5.82 Å². The van der Waals surface area contributed by atoms with Crippen LogP contribution in [0.2, 0.25) is 0 Å². The number of nitrogens with zero attached hydrogens (tertiary/aromatic N) is 3. The Balaban J connectivity index is 1.67. The first-order valence-electron chi connectivity index (χ1n) is 7.23. The van der Waals surface area contributed by atoms with Crippen LogP contribution >= 0.6 is 0 Å². The van der Waals surface area contributed by atoms with E-state index in [1.165, 1.54) is 32.4 Å². The fourth-order valence-electron chi connectivity index (χ4n) is 2.63. The maximum Gasteiger partial charge on any atom is 0.343 e. The topological polar surface area (TPSA) is 66.0 Å². The highest BCUT2D eigenvalue weighted by Gasteiger charge is 2.13. The van der Waals surface area contributed by atoms with Gasteiger partial charge in [-0.05, 0) is 32.9 Å². The van der Waals surface area contributed by atoms with E-state index in [4.69, 9.17) is 0 Å². The quantitative estimate of drug-likeness (QED) is 0.768. The van der Waals surface area contributed by atoms with Crippen molar-refractivity contribution in [3.63, 3.8) is 0 Å². The van der Waals surface area contributed by atoms with Gasteiger partial charge >= 0.3 is 5.69 Å². The summed E-state index contributed by atoms with van der Waals surface area (Å²) < 4.78 is 1.57. The van der Waals surface area contributed by atoms with Crippen molar-refractivity contribution in [2.24, 2.45) is 7.05 Å². The van der Waals surface area contributed by atoms with Crippen LogP contribution < -0.4 is 11.0 Å². The van der Waals surface area contributed by atoms with Gasteiger partial charge in [-0.15, -0.1) is 0 Å². The lowest BCUT2D eigenvalue weighted by Gasteiger charge is -2.29. The van der Waals surface area contributed by atoms with Gasteiger partial charge in [-0.3, -0.25) is 4.57 Å². The molecule has 1 aromatic heterocycles. The number of H-pyrrole nitrogens is 1. The zero-order valence-corrected chi connectivity index (χ0v) is 12.0. The molecule has 19 heavy (non-hydrogen) atoms. The molecule has 0 spiro atoms. The molecule has 2 rings (SSSR count). The molecule has 0 aliphatic carbocycles. The highest BCUT2D eigenvalue weighted by atomic mass is 16.1. The van der Waals surface area contributed by atoms with E-state index in [9.17, 15) is 4.79 Å². The molecule has 108 valence electrons. The van der Waals surface area contributed by atoms with E-state index in [-0.39, 0.29) is 5.69 Å². The van der Waals surface area contributed by atoms with Crippen molar-refractivity contribution in [3.05, 3.63) is 16.3 Å². The zero-order valence-electron chi connectivity index (χ0n) is 12.0. The molecule has 6 nitrogen and oxygen atoms in total. The first-order chi connectivity index (χ1) is 9.16. The van der Waals surface area contributed by atoms with Crippen molar-refractivity contribution in [2.45, 2.75) is 38.6 Å². The monoisotopic (exact) mass is 267 g/mol. The molecule has 6 heteroatoms. The van der Waals surface area contributed by atoms with Crippen molar-refractivity contribution in [1.82, 2.24) is 25.0 Å². The van der Waals surface area contributed by atoms with Gasteiger partial charge in [0, 0.05) is 32.6 Å². The molecule has 0 saturated carbocycles. The summed E-state index contributed by atoms with van der Waals surface area (Å²) in [5, 5.41) is 9.97. The van der Waals surface area contributed by atoms with E-state index in [1.54, 1.807) is 11.6 Å². The maximum absolute atomic E-state index is 11.2. The van der Waals surface area contributed by atoms with Gasteiger partial charge in [0.2, 0.25) is 0 Å². The first kappa shape index (κ1) is 14.3. The summed E-state index contributed by atoms with van der Waals surface area (Å²) in [7, 11) is 1.75.